The fraction of sp³-hybridized carbons (Fsp3) is 0.105. The fourth-order valence-corrected chi connectivity index (χ4v) is 2.14. The lowest BCUT2D eigenvalue weighted by Gasteiger charge is -2.06. The molecule has 144 valence electrons. The van der Waals surface area contributed by atoms with Crippen LogP contribution in [0.5, 0.6) is 0 Å². The molecular formula is C19H12F3N7. The molecule has 2 aromatic heterocycles. The van der Waals surface area contributed by atoms with Gasteiger partial charge in [0.15, 0.2) is 5.82 Å². The molecule has 0 radical (unpaired) electrons. The van der Waals surface area contributed by atoms with Crippen LogP contribution in [0.1, 0.15) is 22.9 Å². The molecule has 1 atom stereocenters. The number of nitrogens with zero attached hydrogens (tertiary/aromatic N) is 7. The molecular weight excluding hydrogens is 383 g/mol. The van der Waals surface area contributed by atoms with E-state index in [4.69, 9.17) is 5.26 Å². The van der Waals surface area contributed by atoms with Gasteiger partial charge >= 0.3 is 6.18 Å². The molecule has 0 aliphatic heterocycles. The highest BCUT2D eigenvalue weighted by molar-refractivity contribution is 5.42. The zero-order valence-electron chi connectivity index (χ0n) is 14.7. The maximum Gasteiger partial charge on any atom is 0.417 e. The molecule has 0 aliphatic rings. The number of halogens is 3. The molecule has 0 saturated heterocycles. The van der Waals surface area contributed by atoms with Crippen LogP contribution in [0.15, 0.2) is 87.6 Å². The molecule has 0 amide bonds. The minimum absolute atomic E-state index is 0.000429. The Hall–Kier alpha value is -4.00. The second-order valence-corrected chi connectivity index (χ2v) is 5.65. The van der Waals surface area contributed by atoms with Crippen LogP contribution in [0, 0.1) is 11.3 Å². The highest BCUT2D eigenvalue weighted by Gasteiger charge is 2.30. The summed E-state index contributed by atoms with van der Waals surface area (Å²) in [5, 5.41) is 24.9. The quantitative estimate of drug-likeness (QED) is 0.500. The van der Waals surface area contributed by atoms with E-state index >= 15 is 0 Å². The Bertz CT molecular complexity index is 1040. The van der Waals surface area contributed by atoms with Crippen LogP contribution < -0.4 is 0 Å². The van der Waals surface area contributed by atoms with E-state index in [1.165, 1.54) is 6.20 Å². The number of hydrogen-bond acceptors (Lipinski definition) is 7. The molecule has 0 N–H and O–H groups in total. The largest absolute Gasteiger partial charge is 0.417 e. The minimum atomic E-state index is -4.48. The SMILES string of the molecule is N#Cc1ccc(N=NC(N=Nc2ccc(C(F)(F)F)cn2)c2cccnc2)cc1. The lowest BCUT2D eigenvalue weighted by molar-refractivity contribution is -0.137. The van der Waals surface area contributed by atoms with Gasteiger partial charge in [0.05, 0.1) is 22.9 Å². The summed E-state index contributed by atoms with van der Waals surface area (Å²) >= 11 is 0. The molecule has 3 aromatic rings. The number of alkyl halides is 3. The van der Waals surface area contributed by atoms with E-state index in [9.17, 15) is 13.2 Å². The lowest BCUT2D eigenvalue weighted by Crippen LogP contribution is -2.04. The first-order chi connectivity index (χ1) is 14.0. The van der Waals surface area contributed by atoms with Crippen LogP contribution >= 0.6 is 0 Å². The summed E-state index contributed by atoms with van der Waals surface area (Å²) in [7, 11) is 0. The summed E-state index contributed by atoms with van der Waals surface area (Å²) in [6, 6.07) is 13.8. The van der Waals surface area contributed by atoms with Crippen molar-refractivity contribution in [1.82, 2.24) is 9.97 Å². The molecule has 7 nitrogen and oxygen atoms in total. The molecule has 3 rings (SSSR count). The zero-order chi connectivity index (χ0) is 20.7. The Morgan fingerprint density at radius 3 is 2.28 bits per heavy atom. The van der Waals surface area contributed by atoms with Crippen molar-refractivity contribution in [3.8, 4) is 6.07 Å². The summed E-state index contributed by atoms with van der Waals surface area (Å²) in [5.74, 6) is 0.000429. The highest BCUT2D eigenvalue weighted by atomic mass is 19.4. The van der Waals surface area contributed by atoms with Gasteiger partial charge in [0.1, 0.15) is 0 Å². The van der Waals surface area contributed by atoms with Crippen LogP contribution in [-0.2, 0) is 6.18 Å². The molecule has 0 spiro atoms. The van der Waals surface area contributed by atoms with Crippen molar-refractivity contribution < 1.29 is 13.2 Å². The smallest absolute Gasteiger partial charge is 0.264 e. The van der Waals surface area contributed by atoms with E-state index in [0.29, 0.717) is 23.0 Å². The third-order valence-corrected chi connectivity index (χ3v) is 3.61. The Labute approximate surface area is 163 Å². The molecule has 0 saturated carbocycles. The monoisotopic (exact) mass is 395 g/mol. The predicted molar refractivity (Wildman–Crippen MR) is 96.4 cm³/mol. The van der Waals surface area contributed by atoms with E-state index in [-0.39, 0.29) is 5.82 Å². The number of azo groups is 2. The average Bonchev–Trinajstić information content (AvgIpc) is 2.74. The summed E-state index contributed by atoms with van der Waals surface area (Å²) in [6.45, 7) is 0. The van der Waals surface area contributed by atoms with Gasteiger partial charge in [-0.3, -0.25) is 4.98 Å². The van der Waals surface area contributed by atoms with Crippen LogP contribution in [0.2, 0.25) is 0 Å². The first-order valence-electron chi connectivity index (χ1n) is 8.21. The molecule has 0 aliphatic carbocycles. The van der Waals surface area contributed by atoms with Gasteiger partial charge in [-0.05, 0) is 42.5 Å². The molecule has 10 heteroatoms. The molecule has 29 heavy (non-hydrogen) atoms. The van der Waals surface area contributed by atoms with Crippen LogP contribution in [-0.4, -0.2) is 9.97 Å². The van der Waals surface area contributed by atoms with Gasteiger partial charge in [-0.1, -0.05) is 6.07 Å². The molecule has 1 unspecified atom stereocenters. The standard InChI is InChI=1S/C19H12F3N7/c20-19(21,22)15-5-8-17(25-12-15)27-29-18(14-2-1-9-24-11-14)28-26-16-6-3-13(10-23)4-7-16/h1-9,11-12,18H. The van der Waals surface area contributed by atoms with Crippen molar-refractivity contribution in [2.24, 2.45) is 20.5 Å². The summed E-state index contributed by atoms with van der Waals surface area (Å²) in [5.41, 5.74) is 0.697. The van der Waals surface area contributed by atoms with E-state index in [1.807, 2.05) is 6.07 Å². The minimum Gasteiger partial charge on any atom is -0.264 e. The van der Waals surface area contributed by atoms with Gasteiger partial charge < -0.3 is 0 Å². The Morgan fingerprint density at radius 1 is 0.931 bits per heavy atom. The lowest BCUT2D eigenvalue weighted by atomic mass is 10.2. The second-order valence-electron chi connectivity index (χ2n) is 5.65. The number of benzene rings is 1. The van der Waals surface area contributed by atoms with Gasteiger partial charge in [-0.2, -0.15) is 33.8 Å². The fourth-order valence-electron chi connectivity index (χ4n) is 2.14. The Morgan fingerprint density at radius 2 is 1.69 bits per heavy atom. The maximum absolute atomic E-state index is 12.6. The first kappa shape index (κ1) is 19.8. The summed E-state index contributed by atoms with van der Waals surface area (Å²) < 4.78 is 37.9. The van der Waals surface area contributed by atoms with Gasteiger partial charge in [-0.25, -0.2) is 4.98 Å². The van der Waals surface area contributed by atoms with E-state index < -0.39 is 17.9 Å². The third kappa shape index (κ3) is 5.49. The number of pyridine rings is 2. The van der Waals surface area contributed by atoms with Gasteiger partial charge in [0, 0.05) is 24.2 Å². The number of aromatic nitrogens is 2. The summed E-state index contributed by atoms with van der Waals surface area (Å²) in [6.07, 6.45) is -1.56. The van der Waals surface area contributed by atoms with Crippen molar-refractivity contribution in [2.45, 2.75) is 12.3 Å². The predicted octanol–water partition coefficient (Wildman–Crippen LogP) is 5.93. The van der Waals surface area contributed by atoms with Gasteiger partial charge in [0.25, 0.3) is 0 Å². The first-order valence-corrected chi connectivity index (χ1v) is 8.21. The Kier molecular flexibility index (Phi) is 5.99. The van der Waals surface area contributed by atoms with Crippen molar-refractivity contribution in [3.63, 3.8) is 0 Å². The Balaban J connectivity index is 1.83. The normalized spacial score (nSPS) is 12.9. The van der Waals surface area contributed by atoms with E-state index in [2.05, 4.69) is 30.4 Å². The zero-order valence-corrected chi connectivity index (χ0v) is 14.7. The van der Waals surface area contributed by atoms with Crippen molar-refractivity contribution in [3.05, 3.63) is 83.8 Å². The number of hydrogen-bond donors (Lipinski definition) is 0. The van der Waals surface area contributed by atoms with E-state index in [1.54, 1.807) is 42.6 Å². The number of nitriles is 1. The van der Waals surface area contributed by atoms with Gasteiger partial charge in [-0.15, -0.1) is 5.11 Å². The van der Waals surface area contributed by atoms with Crippen molar-refractivity contribution in [1.29, 1.82) is 5.26 Å². The second kappa shape index (κ2) is 8.79. The van der Waals surface area contributed by atoms with Gasteiger partial charge in [0.2, 0.25) is 6.17 Å². The van der Waals surface area contributed by atoms with Crippen LogP contribution in [0.3, 0.4) is 0 Å². The molecule has 0 fully saturated rings. The molecule has 2 heterocycles. The topological polar surface area (TPSA) is 99.0 Å². The third-order valence-electron chi connectivity index (χ3n) is 3.61. The molecule has 1 aromatic carbocycles. The van der Waals surface area contributed by atoms with Crippen LogP contribution in [0.25, 0.3) is 0 Å². The summed E-state index contributed by atoms with van der Waals surface area (Å²) in [4.78, 5) is 7.65. The maximum atomic E-state index is 12.6. The van der Waals surface area contributed by atoms with E-state index in [0.717, 1.165) is 12.1 Å². The van der Waals surface area contributed by atoms with Crippen LogP contribution in [0.4, 0.5) is 24.7 Å². The average molecular weight is 395 g/mol. The van der Waals surface area contributed by atoms with Crippen molar-refractivity contribution >= 4 is 11.5 Å². The highest BCUT2D eigenvalue weighted by Crippen LogP contribution is 2.30. The molecule has 0 bridgehead atoms. The number of rotatable bonds is 5. The van der Waals surface area contributed by atoms with Crippen molar-refractivity contribution in [2.75, 3.05) is 0 Å².